The van der Waals surface area contributed by atoms with Gasteiger partial charge in [0.05, 0.1) is 22.2 Å². The first kappa shape index (κ1) is 19.9. The van der Waals surface area contributed by atoms with Gasteiger partial charge in [0.25, 0.3) is 5.91 Å². The number of carbonyl (C=O) groups excluding carboxylic acids is 1. The fourth-order valence-corrected chi connectivity index (χ4v) is 5.39. The maximum absolute atomic E-state index is 12.6. The zero-order valence-electron chi connectivity index (χ0n) is 16.6. The highest BCUT2D eigenvalue weighted by Gasteiger charge is 2.24. The SMILES string of the molecule is CCOc1ccc(CNC(=O)c2ccc(N3C[C@H](C)Sc4ccccc43)s2)cc1. The van der Waals surface area contributed by atoms with Gasteiger partial charge in [-0.25, -0.2) is 0 Å². The summed E-state index contributed by atoms with van der Waals surface area (Å²) in [5.41, 5.74) is 2.27. The number of fused-ring (bicyclic) bond motifs is 1. The first-order chi connectivity index (χ1) is 14.1. The lowest BCUT2D eigenvalue weighted by atomic mass is 10.2. The van der Waals surface area contributed by atoms with Crippen LogP contribution in [-0.4, -0.2) is 24.3 Å². The van der Waals surface area contributed by atoms with Crippen molar-refractivity contribution in [3.05, 3.63) is 71.1 Å². The third-order valence-electron chi connectivity index (χ3n) is 4.69. The summed E-state index contributed by atoms with van der Waals surface area (Å²) in [6.45, 7) is 6.29. The minimum atomic E-state index is -0.0390. The smallest absolute Gasteiger partial charge is 0.261 e. The highest BCUT2D eigenvalue weighted by atomic mass is 32.2. The van der Waals surface area contributed by atoms with Crippen molar-refractivity contribution in [2.24, 2.45) is 0 Å². The van der Waals surface area contributed by atoms with Gasteiger partial charge in [-0.05, 0) is 48.9 Å². The number of anilines is 2. The van der Waals surface area contributed by atoms with E-state index in [-0.39, 0.29) is 5.91 Å². The first-order valence-electron chi connectivity index (χ1n) is 9.77. The van der Waals surface area contributed by atoms with E-state index in [1.54, 1.807) is 11.3 Å². The molecule has 0 radical (unpaired) electrons. The molecule has 4 rings (SSSR count). The number of benzene rings is 2. The number of hydrogen-bond donors (Lipinski definition) is 1. The van der Waals surface area contributed by atoms with Gasteiger partial charge >= 0.3 is 0 Å². The van der Waals surface area contributed by atoms with Gasteiger partial charge in [0.2, 0.25) is 0 Å². The Kier molecular flexibility index (Phi) is 6.11. The first-order valence-corrected chi connectivity index (χ1v) is 11.5. The van der Waals surface area contributed by atoms with Gasteiger partial charge in [-0.2, -0.15) is 0 Å². The molecule has 1 amide bonds. The van der Waals surface area contributed by atoms with E-state index in [1.807, 2.05) is 49.0 Å². The minimum absolute atomic E-state index is 0.0390. The lowest BCUT2D eigenvalue weighted by molar-refractivity contribution is 0.0955. The van der Waals surface area contributed by atoms with Crippen LogP contribution in [0.1, 0.15) is 29.1 Å². The Balaban J connectivity index is 1.43. The van der Waals surface area contributed by atoms with E-state index in [2.05, 4.69) is 47.5 Å². The van der Waals surface area contributed by atoms with Crippen molar-refractivity contribution in [1.29, 1.82) is 0 Å². The second-order valence-corrected chi connectivity index (χ2v) is 9.45. The van der Waals surface area contributed by atoms with Crippen LogP contribution in [0.2, 0.25) is 0 Å². The van der Waals surface area contributed by atoms with Crippen LogP contribution >= 0.6 is 23.1 Å². The number of nitrogens with zero attached hydrogens (tertiary/aromatic N) is 1. The van der Waals surface area contributed by atoms with Crippen LogP contribution < -0.4 is 15.0 Å². The molecular formula is C23H24N2O2S2. The van der Waals surface area contributed by atoms with Gasteiger partial charge in [-0.3, -0.25) is 4.79 Å². The Bertz CT molecular complexity index is 985. The van der Waals surface area contributed by atoms with Crippen molar-refractivity contribution >= 4 is 39.7 Å². The van der Waals surface area contributed by atoms with Crippen LogP contribution in [0.3, 0.4) is 0 Å². The fourth-order valence-electron chi connectivity index (χ4n) is 3.33. The lowest BCUT2D eigenvalue weighted by Gasteiger charge is -2.33. The van der Waals surface area contributed by atoms with Gasteiger partial charge in [0.1, 0.15) is 5.75 Å². The van der Waals surface area contributed by atoms with E-state index in [0.29, 0.717) is 18.4 Å². The molecule has 1 N–H and O–H groups in total. The van der Waals surface area contributed by atoms with Gasteiger partial charge in [0.15, 0.2) is 0 Å². The maximum atomic E-state index is 12.6. The van der Waals surface area contributed by atoms with E-state index < -0.39 is 0 Å². The minimum Gasteiger partial charge on any atom is -0.494 e. The van der Waals surface area contributed by atoms with Crippen LogP contribution in [0.4, 0.5) is 10.7 Å². The molecule has 0 aliphatic carbocycles. The summed E-state index contributed by atoms with van der Waals surface area (Å²) >= 11 is 3.45. The van der Waals surface area contributed by atoms with E-state index in [1.165, 1.54) is 10.6 Å². The molecular weight excluding hydrogens is 400 g/mol. The molecule has 0 unspecified atom stereocenters. The zero-order chi connectivity index (χ0) is 20.2. The predicted octanol–water partition coefficient (Wildman–Crippen LogP) is 5.71. The Morgan fingerprint density at radius 2 is 1.93 bits per heavy atom. The van der Waals surface area contributed by atoms with E-state index in [0.717, 1.165) is 27.7 Å². The van der Waals surface area contributed by atoms with E-state index in [4.69, 9.17) is 4.74 Å². The van der Waals surface area contributed by atoms with Crippen LogP contribution in [0, 0.1) is 0 Å². The number of thiophene rings is 1. The largest absolute Gasteiger partial charge is 0.494 e. The average Bonchev–Trinajstić information content (AvgIpc) is 3.23. The van der Waals surface area contributed by atoms with Gasteiger partial charge in [-0.1, -0.05) is 31.2 Å². The number of amides is 1. The molecule has 0 saturated carbocycles. The second-order valence-electron chi connectivity index (χ2n) is 6.90. The summed E-state index contributed by atoms with van der Waals surface area (Å²) in [6, 6.07) is 20.3. The highest BCUT2D eigenvalue weighted by Crippen LogP contribution is 2.43. The summed E-state index contributed by atoms with van der Waals surface area (Å²) < 4.78 is 5.46. The summed E-state index contributed by atoms with van der Waals surface area (Å²) in [7, 11) is 0. The van der Waals surface area contributed by atoms with Gasteiger partial charge in [0, 0.05) is 23.2 Å². The lowest BCUT2D eigenvalue weighted by Crippen LogP contribution is -2.28. The Morgan fingerprint density at radius 1 is 1.14 bits per heavy atom. The molecule has 1 aliphatic heterocycles. The molecule has 150 valence electrons. The van der Waals surface area contributed by atoms with Crippen molar-refractivity contribution in [3.8, 4) is 5.75 Å². The molecule has 0 fully saturated rings. The van der Waals surface area contributed by atoms with Crippen molar-refractivity contribution < 1.29 is 9.53 Å². The molecule has 6 heteroatoms. The van der Waals surface area contributed by atoms with Crippen LogP contribution in [0.15, 0.2) is 65.6 Å². The third-order valence-corrected chi connectivity index (χ3v) is 6.95. The Labute approximate surface area is 179 Å². The summed E-state index contributed by atoms with van der Waals surface area (Å²) in [4.78, 5) is 17.0. The normalized spacial score (nSPS) is 15.7. The monoisotopic (exact) mass is 424 g/mol. The summed E-state index contributed by atoms with van der Waals surface area (Å²) in [5, 5.41) is 4.63. The molecule has 1 atom stereocenters. The quantitative estimate of drug-likeness (QED) is 0.550. The molecule has 1 aromatic heterocycles. The molecule has 1 aliphatic rings. The van der Waals surface area contributed by atoms with Crippen molar-refractivity contribution in [2.75, 3.05) is 18.1 Å². The van der Waals surface area contributed by atoms with Gasteiger partial charge in [-0.15, -0.1) is 23.1 Å². The number of rotatable bonds is 6. The molecule has 29 heavy (non-hydrogen) atoms. The Hall–Kier alpha value is -2.44. The van der Waals surface area contributed by atoms with Crippen molar-refractivity contribution in [1.82, 2.24) is 5.32 Å². The van der Waals surface area contributed by atoms with Crippen LogP contribution in [0.25, 0.3) is 0 Å². The van der Waals surface area contributed by atoms with Crippen molar-refractivity contribution in [3.63, 3.8) is 0 Å². The molecule has 3 aromatic rings. The Morgan fingerprint density at radius 3 is 2.72 bits per heavy atom. The standard InChI is InChI=1S/C23H24N2O2S2/c1-3-27-18-10-8-17(9-11-18)14-24-23(26)21-12-13-22(29-21)25-15-16(2)28-20-7-5-4-6-19(20)25/h4-13,16H,3,14-15H2,1-2H3,(H,24,26)/t16-/m0/s1. The average molecular weight is 425 g/mol. The maximum Gasteiger partial charge on any atom is 0.261 e. The number of hydrogen-bond acceptors (Lipinski definition) is 5. The van der Waals surface area contributed by atoms with Crippen molar-refractivity contribution in [2.45, 2.75) is 30.5 Å². The number of nitrogens with one attached hydrogen (secondary N) is 1. The predicted molar refractivity (Wildman–Crippen MR) is 122 cm³/mol. The van der Waals surface area contributed by atoms with Crippen LogP contribution in [-0.2, 0) is 6.54 Å². The molecule has 2 aromatic carbocycles. The second kappa shape index (κ2) is 8.93. The topological polar surface area (TPSA) is 41.6 Å². The molecule has 0 saturated heterocycles. The van der Waals surface area contributed by atoms with Crippen LogP contribution in [0.5, 0.6) is 5.75 Å². The van der Waals surface area contributed by atoms with E-state index in [9.17, 15) is 4.79 Å². The number of carbonyl (C=O) groups is 1. The summed E-state index contributed by atoms with van der Waals surface area (Å²) in [6.07, 6.45) is 0. The number of para-hydroxylation sites is 1. The molecule has 4 nitrogen and oxygen atoms in total. The zero-order valence-corrected chi connectivity index (χ0v) is 18.2. The summed E-state index contributed by atoms with van der Waals surface area (Å²) in [5.74, 6) is 0.808. The molecule has 0 bridgehead atoms. The third kappa shape index (κ3) is 4.60. The van der Waals surface area contributed by atoms with Gasteiger partial charge < -0.3 is 15.0 Å². The molecule has 2 heterocycles. The highest BCUT2D eigenvalue weighted by molar-refractivity contribution is 8.00. The van der Waals surface area contributed by atoms with E-state index >= 15 is 0 Å². The number of thioether (sulfide) groups is 1. The fraction of sp³-hybridized carbons (Fsp3) is 0.261. The number of ether oxygens (including phenoxy) is 1. The molecule has 0 spiro atoms.